The summed E-state index contributed by atoms with van der Waals surface area (Å²) in [5, 5.41) is 14.4. The quantitative estimate of drug-likeness (QED) is 0.714. The Hall–Kier alpha value is -1.40. The van der Waals surface area contributed by atoms with E-state index in [4.69, 9.17) is 5.11 Å². The fraction of sp³-hybridized carbons (Fsp3) is 0.588. The van der Waals surface area contributed by atoms with Crippen LogP contribution >= 0.6 is 0 Å². The summed E-state index contributed by atoms with van der Waals surface area (Å²) < 4.78 is 11.9. The van der Waals surface area contributed by atoms with Crippen molar-refractivity contribution >= 4 is 22.5 Å². The first-order chi connectivity index (χ1) is 10.7. The van der Waals surface area contributed by atoms with Gasteiger partial charge in [0.2, 0.25) is 0 Å². The minimum absolute atomic E-state index is 0.122. The fourth-order valence-electron chi connectivity index (χ4n) is 1.87. The van der Waals surface area contributed by atoms with E-state index >= 15 is 0 Å². The number of urea groups is 1. The molecule has 0 aliphatic heterocycles. The van der Waals surface area contributed by atoms with Crippen molar-refractivity contribution in [2.45, 2.75) is 44.6 Å². The molecule has 3 N–H and O–H groups in total. The summed E-state index contributed by atoms with van der Waals surface area (Å²) in [5.41, 5.74) is 1.62. The zero-order valence-electron chi connectivity index (χ0n) is 14.4. The number of hydrogen-bond donors (Lipinski definition) is 3. The van der Waals surface area contributed by atoms with Gasteiger partial charge in [0.05, 0.1) is 0 Å². The molecule has 0 saturated heterocycles. The number of benzene rings is 1. The SMILES string of the molecule is CC(CCO)CNC(=O)Nc1cccc(CS(=O)C(C)(C)C)c1. The van der Waals surface area contributed by atoms with Gasteiger partial charge in [-0.25, -0.2) is 4.79 Å². The number of carbonyl (C=O) groups excluding carboxylic acids is 1. The number of anilines is 1. The van der Waals surface area contributed by atoms with Gasteiger partial charge in [-0.15, -0.1) is 0 Å². The molecule has 1 rings (SSSR count). The first-order valence-electron chi connectivity index (χ1n) is 7.85. The standard InChI is InChI=1S/C17H28N2O3S/c1-13(8-9-20)11-18-16(21)19-15-7-5-6-14(10-15)12-23(22)17(2,3)4/h5-7,10,13,20H,8-9,11-12H2,1-4H3,(H2,18,19,21). The van der Waals surface area contributed by atoms with Gasteiger partial charge in [-0.2, -0.15) is 0 Å². The molecular weight excluding hydrogens is 312 g/mol. The van der Waals surface area contributed by atoms with E-state index in [1.165, 1.54) is 0 Å². The van der Waals surface area contributed by atoms with Gasteiger partial charge >= 0.3 is 6.03 Å². The molecule has 0 spiro atoms. The van der Waals surface area contributed by atoms with Crippen LogP contribution < -0.4 is 10.6 Å². The molecule has 0 heterocycles. The second kappa shape index (κ2) is 9.03. The van der Waals surface area contributed by atoms with Crippen LogP contribution in [0, 0.1) is 5.92 Å². The molecule has 0 bridgehead atoms. The average molecular weight is 340 g/mol. The van der Waals surface area contributed by atoms with Crippen LogP contribution in [-0.2, 0) is 16.6 Å². The van der Waals surface area contributed by atoms with Crippen molar-refractivity contribution in [2.24, 2.45) is 5.92 Å². The molecule has 0 saturated carbocycles. The third-order valence-electron chi connectivity index (χ3n) is 3.40. The number of carbonyl (C=O) groups is 1. The Morgan fingerprint density at radius 3 is 2.65 bits per heavy atom. The molecule has 0 radical (unpaired) electrons. The maximum atomic E-state index is 12.2. The summed E-state index contributed by atoms with van der Waals surface area (Å²) in [6, 6.07) is 7.14. The van der Waals surface area contributed by atoms with Gasteiger partial charge in [-0.3, -0.25) is 4.21 Å². The number of aliphatic hydroxyl groups excluding tert-OH is 1. The number of hydrogen-bond acceptors (Lipinski definition) is 3. The molecule has 0 aliphatic carbocycles. The van der Waals surface area contributed by atoms with Crippen molar-refractivity contribution in [1.82, 2.24) is 5.32 Å². The number of nitrogens with one attached hydrogen (secondary N) is 2. The van der Waals surface area contributed by atoms with Crippen molar-refractivity contribution in [1.29, 1.82) is 0 Å². The lowest BCUT2D eigenvalue weighted by Gasteiger charge is -2.18. The lowest BCUT2D eigenvalue weighted by molar-refractivity contribution is 0.243. The van der Waals surface area contributed by atoms with E-state index in [1.54, 1.807) is 6.07 Å². The predicted molar refractivity (Wildman–Crippen MR) is 95.9 cm³/mol. The Morgan fingerprint density at radius 2 is 2.04 bits per heavy atom. The highest BCUT2D eigenvalue weighted by molar-refractivity contribution is 7.85. The highest BCUT2D eigenvalue weighted by Crippen LogP contribution is 2.18. The molecule has 0 aliphatic rings. The van der Waals surface area contributed by atoms with Gasteiger partial charge in [-0.05, 0) is 50.8 Å². The van der Waals surface area contributed by atoms with Crippen molar-refractivity contribution in [2.75, 3.05) is 18.5 Å². The number of amides is 2. The van der Waals surface area contributed by atoms with Gasteiger partial charge in [-0.1, -0.05) is 19.1 Å². The van der Waals surface area contributed by atoms with E-state index in [0.717, 1.165) is 5.56 Å². The molecule has 5 nitrogen and oxygen atoms in total. The summed E-state index contributed by atoms with van der Waals surface area (Å²) in [5.74, 6) is 0.694. The van der Waals surface area contributed by atoms with Crippen LogP contribution in [0.3, 0.4) is 0 Å². The van der Waals surface area contributed by atoms with Gasteiger partial charge in [0, 0.05) is 40.1 Å². The zero-order chi connectivity index (χ0) is 17.5. The Bertz CT molecular complexity index is 541. The van der Waals surface area contributed by atoms with E-state index < -0.39 is 10.8 Å². The normalized spacial score (nSPS) is 14.1. The Kier molecular flexibility index (Phi) is 7.72. The number of rotatable bonds is 7. The molecule has 2 amide bonds. The summed E-state index contributed by atoms with van der Waals surface area (Å²) in [4.78, 5) is 11.9. The third-order valence-corrected chi connectivity index (χ3v) is 5.36. The minimum Gasteiger partial charge on any atom is -0.396 e. The topological polar surface area (TPSA) is 78.4 Å². The smallest absolute Gasteiger partial charge is 0.319 e. The lowest BCUT2D eigenvalue weighted by Crippen LogP contribution is -2.32. The van der Waals surface area contributed by atoms with Crippen molar-refractivity contribution in [3.05, 3.63) is 29.8 Å². The minimum atomic E-state index is -0.973. The first-order valence-corrected chi connectivity index (χ1v) is 9.17. The average Bonchev–Trinajstić information content (AvgIpc) is 2.45. The van der Waals surface area contributed by atoms with Crippen LogP contribution in [-0.4, -0.2) is 33.2 Å². The Balaban J connectivity index is 2.56. The number of aliphatic hydroxyl groups is 1. The largest absolute Gasteiger partial charge is 0.396 e. The van der Waals surface area contributed by atoms with E-state index in [2.05, 4.69) is 10.6 Å². The van der Waals surface area contributed by atoms with E-state index in [0.29, 0.717) is 24.4 Å². The van der Waals surface area contributed by atoms with Crippen LogP contribution in [0.4, 0.5) is 10.5 Å². The van der Waals surface area contributed by atoms with Crippen LogP contribution in [0.5, 0.6) is 0 Å². The molecular formula is C17H28N2O3S. The summed E-state index contributed by atoms with van der Waals surface area (Å²) in [7, 11) is -0.973. The molecule has 23 heavy (non-hydrogen) atoms. The van der Waals surface area contributed by atoms with E-state index in [-0.39, 0.29) is 23.3 Å². The van der Waals surface area contributed by atoms with Gasteiger partial charge < -0.3 is 15.7 Å². The fourth-order valence-corrected chi connectivity index (χ4v) is 2.79. The van der Waals surface area contributed by atoms with Crippen LogP contribution in [0.2, 0.25) is 0 Å². The van der Waals surface area contributed by atoms with Gasteiger partial charge in [0.15, 0.2) is 0 Å². The Labute approximate surface area is 141 Å². The molecule has 130 valence electrons. The summed E-state index contributed by atoms with van der Waals surface area (Å²) in [6.07, 6.45) is 0.661. The van der Waals surface area contributed by atoms with Crippen LogP contribution in [0.15, 0.2) is 24.3 Å². The maximum absolute atomic E-state index is 12.2. The second-order valence-electron chi connectivity index (χ2n) is 6.76. The van der Waals surface area contributed by atoms with Crippen molar-refractivity contribution < 1.29 is 14.1 Å². The highest BCUT2D eigenvalue weighted by Gasteiger charge is 2.19. The predicted octanol–water partition coefficient (Wildman–Crippen LogP) is 2.87. The summed E-state index contributed by atoms with van der Waals surface area (Å²) in [6.45, 7) is 8.46. The molecule has 1 aromatic carbocycles. The molecule has 0 aromatic heterocycles. The molecule has 2 unspecified atom stereocenters. The van der Waals surface area contributed by atoms with Gasteiger partial charge in [0.1, 0.15) is 0 Å². The molecule has 6 heteroatoms. The van der Waals surface area contributed by atoms with Crippen LogP contribution in [0.25, 0.3) is 0 Å². The monoisotopic (exact) mass is 340 g/mol. The molecule has 1 aromatic rings. The second-order valence-corrected chi connectivity index (χ2v) is 8.96. The first kappa shape index (κ1) is 19.6. The van der Waals surface area contributed by atoms with Crippen LogP contribution in [0.1, 0.15) is 39.7 Å². The Morgan fingerprint density at radius 1 is 1.35 bits per heavy atom. The zero-order valence-corrected chi connectivity index (χ0v) is 15.2. The van der Waals surface area contributed by atoms with Gasteiger partial charge in [0.25, 0.3) is 0 Å². The molecule has 0 fully saturated rings. The maximum Gasteiger partial charge on any atom is 0.319 e. The van der Waals surface area contributed by atoms with E-state index in [9.17, 15) is 9.00 Å². The molecule has 2 atom stereocenters. The lowest BCUT2D eigenvalue weighted by atomic mass is 10.1. The highest BCUT2D eigenvalue weighted by atomic mass is 32.2. The van der Waals surface area contributed by atoms with Crippen molar-refractivity contribution in [3.63, 3.8) is 0 Å². The third kappa shape index (κ3) is 7.61. The van der Waals surface area contributed by atoms with Crippen molar-refractivity contribution in [3.8, 4) is 0 Å². The summed E-state index contributed by atoms with van der Waals surface area (Å²) >= 11 is 0. The van der Waals surface area contributed by atoms with E-state index in [1.807, 2.05) is 45.9 Å².